The normalized spacial score (nSPS) is 10.8. The summed E-state index contributed by atoms with van der Waals surface area (Å²) in [5, 5.41) is 0. The molecular formula is C9H17NO7S. The molecule has 0 aliphatic rings. The molecule has 0 aromatic rings. The minimum absolute atomic E-state index is 0. The molecular weight excluding hydrogens is 266 g/mol. The minimum Gasteiger partial charge on any atom is -0.464 e. The van der Waals surface area contributed by atoms with Crippen LogP contribution in [0, 0.1) is 0 Å². The molecule has 0 fully saturated rings. The number of hydrogen-bond acceptors (Lipinski definition) is 7. The van der Waals surface area contributed by atoms with E-state index in [1.54, 1.807) is 6.92 Å². The molecule has 0 radical (unpaired) electrons. The van der Waals surface area contributed by atoms with Gasteiger partial charge < -0.3 is 15.6 Å². The van der Waals surface area contributed by atoms with E-state index in [-0.39, 0.29) is 19.2 Å². The molecule has 8 nitrogen and oxygen atoms in total. The SMILES string of the molecule is CC=CC(=O)OCCC(=O)OCCS(=O)(=O)O.N. The summed E-state index contributed by atoms with van der Waals surface area (Å²) < 4.78 is 38.0. The zero-order valence-electron chi connectivity index (χ0n) is 10.00. The van der Waals surface area contributed by atoms with Crippen molar-refractivity contribution in [1.82, 2.24) is 6.15 Å². The van der Waals surface area contributed by atoms with Crippen molar-refractivity contribution in [2.24, 2.45) is 0 Å². The fourth-order valence-corrected chi connectivity index (χ4v) is 1.05. The maximum Gasteiger partial charge on any atom is 0.330 e. The average Bonchev–Trinajstić information content (AvgIpc) is 2.16. The molecule has 18 heavy (non-hydrogen) atoms. The third-order valence-corrected chi connectivity index (χ3v) is 2.14. The molecule has 0 spiro atoms. The Hall–Kier alpha value is -1.45. The highest BCUT2D eigenvalue weighted by Gasteiger charge is 2.08. The molecule has 0 aliphatic heterocycles. The molecule has 0 amide bonds. The third-order valence-electron chi connectivity index (χ3n) is 1.46. The van der Waals surface area contributed by atoms with E-state index < -0.39 is 34.4 Å². The van der Waals surface area contributed by atoms with Crippen LogP contribution in [0.2, 0.25) is 0 Å². The predicted molar refractivity (Wildman–Crippen MR) is 62.8 cm³/mol. The van der Waals surface area contributed by atoms with E-state index in [4.69, 9.17) is 4.55 Å². The second kappa shape index (κ2) is 9.57. The molecule has 0 rings (SSSR count). The van der Waals surface area contributed by atoms with E-state index in [0.717, 1.165) is 0 Å². The average molecular weight is 283 g/mol. The van der Waals surface area contributed by atoms with E-state index in [1.807, 2.05) is 0 Å². The van der Waals surface area contributed by atoms with Crippen LogP contribution in [-0.2, 0) is 29.2 Å². The number of hydrogen-bond donors (Lipinski definition) is 2. The molecule has 0 aromatic heterocycles. The lowest BCUT2D eigenvalue weighted by molar-refractivity contribution is -0.146. The fraction of sp³-hybridized carbons (Fsp3) is 0.556. The highest BCUT2D eigenvalue weighted by Crippen LogP contribution is 1.91. The molecule has 4 N–H and O–H groups in total. The summed E-state index contributed by atoms with van der Waals surface area (Å²) in [4.78, 5) is 21.8. The second-order valence-electron chi connectivity index (χ2n) is 2.92. The molecule has 0 heterocycles. The smallest absolute Gasteiger partial charge is 0.330 e. The lowest BCUT2D eigenvalue weighted by Gasteiger charge is -2.03. The Bertz CT molecular complexity index is 388. The largest absolute Gasteiger partial charge is 0.464 e. The van der Waals surface area contributed by atoms with Crippen molar-refractivity contribution in [2.75, 3.05) is 19.0 Å². The summed E-state index contributed by atoms with van der Waals surface area (Å²) in [6, 6.07) is 0. The zero-order chi connectivity index (χ0) is 13.3. The van der Waals surface area contributed by atoms with Crippen LogP contribution in [0.4, 0.5) is 0 Å². The van der Waals surface area contributed by atoms with E-state index >= 15 is 0 Å². The monoisotopic (exact) mass is 283 g/mol. The van der Waals surface area contributed by atoms with E-state index in [0.29, 0.717) is 0 Å². The molecule has 0 unspecified atom stereocenters. The number of ether oxygens (including phenoxy) is 2. The van der Waals surface area contributed by atoms with Gasteiger partial charge in [0.2, 0.25) is 0 Å². The Morgan fingerprint density at radius 3 is 2.33 bits per heavy atom. The number of carbonyl (C=O) groups excluding carboxylic acids is 2. The maximum absolute atomic E-state index is 11.0. The standard InChI is InChI=1S/C9H14O7S.H3N/c1-2-3-8(10)15-5-4-9(11)16-6-7-17(12,13)14;/h2-3H,4-7H2,1H3,(H,12,13,14);1H3. The van der Waals surface area contributed by atoms with Crippen LogP contribution in [-0.4, -0.2) is 43.9 Å². The van der Waals surface area contributed by atoms with Crippen LogP contribution in [0.25, 0.3) is 0 Å². The topological polar surface area (TPSA) is 142 Å². The van der Waals surface area contributed by atoms with Crippen molar-refractivity contribution in [3.8, 4) is 0 Å². The Morgan fingerprint density at radius 2 is 1.83 bits per heavy atom. The van der Waals surface area contributed by atoms with Crippen molar-refractivity contribution >= 4 is 22.1 Å². The second-order valence-corrected chi connectivity index (χ2v) is 4.50. The van der Waals surface area contributed by atoms with Crippen molar-refractivity contribution in [2.45, 2.75) is 13.3 Å². The zero-order valence-corrected chi connectivity index (χ0v) is 10.8. The predicted octanol–water partition coefficient (Wildman–Crippen LogP) is 0.0888. The van der Waals surface area contributed by atoms with Gasteiger partial charge in [0.1, 0.15) is 19.0 Å². The van der Waals surface area contributed by atoms with Gasteiger partial charge in [-0.2, -0.15) is 8.42 Å². The van der Waals surface area contributed by atoms with Crippen LogP contribution < -0.4 is 6.15 Å². The fourth-order valence-electron chi connectivity index (χ4n) is 0.752. The highest BCUT2D eigenvalue weighted by atomic mass is 32.2. The van der Waals surface area contributed by atoms with Crippen molar-refractivity contribution in [3.63, 3.8) is 0 Å². The first-order chi connectivity index (χ1) is 7.85. The summed E-state index contributed by atoms with van der Waals surface area (Å²) in [7, 11) is -4.13. The quantitative estimate of drug-likeness (QED) is 0.380. The molecule has 0 saturated carbocycles. The molecule has 0 aromatic carbocycles. The third kappa shape index (κ3) is 12.6. The summed E-state index contributed by atoms with van der Waals surface area (Å²) in [6.07, 6.45) is 2.52. The molecule has 0 saturated heterocycles. The van der Waals surface area contributed by atoms with E-state index in [2.05, 4.69) is 9.47 Å². The Labute approximate surface area is 105 Å². The van der Waals surface area contributed by atoms with Gasteiger partial charge in [-0.1, -0.05) is 6.08 Å². The molecule has 0 aliphatic carbocycles. The van der Waals surface area contributed by atoms with Gasteiger partial charge in [0, 0.05) is 6.08 Å². The number of esters is 2. The highest BCUT2D eigenvalue weighted by molar-refractivity contribution is 7.85. The number of allylic oxidation sites excluding steroid dienone is 1. The van der Waals surface area contributed by atoms with Crippen LogP contribution >= 0.6 is 0 Å². The Balaban J connectivity index is 0. The van der Waals surface area contributed by atoms with Gasteiger partial charge in [-0.15, -0.1) is 0 Å². The molecule has 9 heteroatoms. The van der Waals surface area contributed by atoms with Gasteiger partial charge in [-0.05, 0) is 6.92 Å². The van der Waals surface area contributed by atoms with E-state index in [1.165, 1.54) is 12.2 Å². The first-order valence-corrected chi connectivity index (χ1v) is 6.36. The lowest BCUT2D eigenvalue weighted by Crippen LogP contribution is -2.16. The maximum atomic E-state index is 11.0. The summed E-state index contributed by atoms with van der Waals surface area (Å²) >= 11 is 0. The van der Waals surface area contributed by atoms with Gasteiger partial charge in [0.25, 0.3) is 10.1 Å². The number of carbonyl (C=O) groups is 2. The van der Waals surface area contributed by atoms with Crippen molar-refractivity contribution < 1.29 is 32.0 Å². The van der Waals surface area contributed by atoms with E-state index in [9.17, 15) is 18.0 Å². The minimum atomic E-state index is -4.13. The van der Waals surface area contributed by atoms with Crippen LogP contribution in [0.5, 0.6) is 0 Å². The summed E-state index contributed by atoms with van der Waals surface area (Å²) in [5.74, 6) is -1.93. The van der Waals surface area contributed by atoms with Crippen LogP contribution in [0.3, 0.4) is 0 Å². The lowest BCUT2D eigenvalue weighted by atomic mass is 10.4. The van der Waals surface area contributed by atoms with Gasteiger partial charge >= 0.3 is 11.9 Å². The Morgan fingerprint density at radius 1 is 1.22 bits per heavy atom. The van der Waals surface area contributed by atoms with Crippen molar-refractivity contribution in [3.05, 3.63) is 12.2 Å². The van der Waals surface area contributed by atoms with Crippen LogP contribution in [0.15, 0.2) is 12.2 Å². The molecule has 0 bridgehead atoms. The number of rotatable bonds is 7. The first-order valence-electron chi connectivity index (χ1n) is 4.75. The van der Waals surface area contributed by atoms with Gasteiger partial charge in [0.15, 0.2) is 0 Å². The first kappa shape index (κ1) is 18.9. The molecule has 0 atom stereocenters. The summed E-state index contributed by atoms with van der Waals surface area (Å²) in [5.41, 5.74) is 0. The van der Waals surface area contributed by atoms with Gasteiger partial charge in [-0.25, -0.2) is 4.79 Å². The van der Waals surface area contributed by atoms with Crippen LogP contribution in [0.1, 0.15) is 13.3 Å². The Kier molecular flexibility index (Phi) is 10.0. The summed E-state index contributed by atoms with van der Waals surface area (Å²) in [6.45, 7) is 1.07. The van der Waals surface area contributed by atoms with Gasteiger partial charge in [-0.3, -0.25) is 9.35 Å². The van der Waals surface area contributed by atoms with Gasteiger partial charge in [0.05, 0.1) is 6.42 Å². The van der Waals surface area contributed by atoms with Crippen molar-refractivity contribution in [1.29, 1.82) is 0 Å². The molecule has 106 valence electrons.